The number of hydrogen-bond acceptors (Lipinski definition) is 4. The van der Waals surface area contributed by atoms with Crippen LogP contribution in [-0.4, -0.2) is 16.6 Å². The van der Waals surface area contributed by atoms with E-state index in [4.69, 9.17) is 4.74 Å². The van der Waals surface area contributed by atoms with Gasteiger partial charge in [0.1, 0.15) is 11.4 Å². The summed E-state index contributed by atoms with van der Waals surface area (Å²) >= 11 is 0. The Hall–Kier alpha value is -2.17. The lowest BCUT2D eigenvalue weighted by atomic mass is 9.93. The SMILES string of the molecule is CC(C)(C)CCOc1ccc(N=O)cc1-c1c[nH]cn1. The fraction of sp³-hybridized carbons (Fsp3) is 0.400. The van der Waals surface area contributed by atoms with Crippen molar-refractivity contribution in [1.29, 1.82) is 0 Å². The summed E-state index contributed by atoms with van der Waals surface area (Å²) in [6.07, 6.45) is 4.30. The number of nitrogens with zero attached hydrogens (tertiary/aromatic N) is 2. The van der Waals surface area contributed by atoms with Crippen LogP contribution >= 0.6 is 0 Å². The topological polar surface area (TPSA) is 67.3 Å². The zero-order chi connectivity index (χ0) is 14.6. The molecule has 1 aromatic carbocycles. The third kappa shape index (κ3) is 3.66. The molecule has 0 atom stereocenters. The van der Waals surface area contributed by atoms with Crippen LogP contribution in [0.3, 0.4) is 0 Å². The summed E-state index contributed by atoms with van der Waals surface area (Å²) in [5, 5.41) is 2.96. The van der Waals surface area contributed by atoms with E-state index < -0.39 is 0 Å². The summed E-state index contributed by atoms with van der Waals surface area (Å²) in [5.74, 6) is 0.716. The number of H-pyrrole nitrogens is 1. The first-order chi connectivity index (χ1) is 9.49. The number of ether oxygens (including phenoxy) is 1. The molecule has 0 radical (unpaired) electrons. The van der Waals surface area contributed by atoms with Crippen LogP contribution < -0.4 is 4.74 Å². The van der Waals surface area contributed by atoms with E-state index in [1.807, 2.05) is 0 Å². The Morgan fingerprint density at radius 1 is 1.35 bits per heavy atom. The predicted octanol–water partition coefficient (Wildman–Crippen LogP) is 4.29. The molecule has 0 fully saturated rings. The van der Waals surface area contributed by atoms with E-state index in [0.29, 0.717) is 18.0 Å². The van der Waals surface area contributed by atoms with Gasteiger partial charge in [0.25, 0.3) is 0 Å². The van der Waals surface area contributed by atoms with Crippen molar-refractivity contribution in [3.63, 3.8) is 0 Å². The summed E-state index contributed by atoms with van der Waals surface area (Å²) in [6.45, 7) is 7.13. The molecular weight excluding hydrogens is 254 g/mol. The van der Waals surface area contributed by atoms with Gasteiger partial charge in [0.2, 0.25) is 0 Å². The van der Waals surface area contributed by atoms with Crippen LogP contribution in [0.1, 0.15) is 27.2 Å². The largest absolute Gasteiger partial charge is 0.493 e. The second kappa shape index (κ2) is 5.86. The van der Waals surface area contributed by atoms with E-state index in [-0.39, 0.29) is 5.41 Å². The molecule has 106 valence electrons. The molecule has 0 amide bonds. The lowest BCUT2D eigenvalue weighted by molar-refractivity contribution is 0.243. The van der Waals surface area contributed by atoms with Crippen LogP contribution in [0, 0.1) is 10.3 Å². The summed E-state index contributed by atoms with van der Waals surface area (Å²) in [6, 6.07) is 5.11. The molecule has 0 saturated heterocycles. The van der Waals surface area contributed by atoms with Gasteiger partial charge in [-0.05, 0) is 35.2 Å². The van der Waals surface area contributed by atoms with Crippen LogP contribution in [0.4, 0.5) is 5.69 Å². The van der Waals surface area contributed by atoms with Crippen molar-refractivity contribution < 1.29 is 4.74 Å². The Balaban J connectivity index is 2.21. The second-order valence-electron chi connectivity index (χ2n) is 5.89. The summed E-state index contributed by atoms with van der Waals surface area (Å²) in [4.78, 5) is 17.8. The molecule has 0 spiro atoms. The monoisotopic (exact) mass is 273 g/mol. The molecule has 5 nitrogen and oxygen atoms in total. The van der Waals surface area contributed by atoms with Gasteiger partial charge in [-0.1, -0.05) is 20.8 Å². The number of nitrogens with one attached hydrogen (secondary N) is 1. The highest BCUT2D eigenvalue weighted by Crippen LogP contribution is 2.33. The summed E-state index contributed by atoms with van der Waals surface area (Å²) in [5.41, 5.74) is 2.10. The van der Waals surface area contributed by atoms with E-state index >= 15 is 0 Å². The number of rotatable bonds is 5. The van der Waals surface area contributed by atoms with Crippen molar-refractivity contribution in [2.45, 2.75) is 27.2 Å². The highest BCUT2D eigenvalue weighted by molar-refractivity contribution is 5.70. The predicted molar refractivity (Wildman–Crippen MR) is 79.0 cm³/mol. The highest BCUT2D eigenvalue weighted by atomic mass is 16.5. The average Bonchev–Trinajstić information content (AvgIpc) is 2.91. The quantitative estimate of drug-likeness (QED) is 0.826. The van der Waals surface area contributed by atoms with Gasteiger partial charge < -0.3 is 9.72 Å². The molecule has 0 aliphatic rings. The summed E-state index contributed by atoms with van der Waals surface area (Å²) in [7, 11) is 0. The van der Waals surface area contributed by atoms with Crippen molar-refractivity contribution in [2.24, 2.45) is 10.6 Å². The fourth-order valence-corrected chi connectivity index (χ4v) is 1.78. The Morgan fingerprint density at radius 2 is 2.15 bits per heavy atom. The zero-order valence-corrected chi connectivity index (χ0v) is 12.0. The van der Waals surface area contributed by atoms with Gasteiger partial charge in [-0.25, -0.2) is 4.98 Å². The molecular formula is C15H19N3O2. The Bertz CT molecular complexity index is 571. The number of imidazole rings is 1. The first-order valence-electron chi connectivity index (χ1n) is 6.59. The first kappa shape index (κ1) is 14.2. The van der Waals surface area contributed by atoms with Crippen LogP contribution in [0.2, 0.25) is 0 Å². The van der Waals surface area contributed by atoms with Crippen molar-refractivity contribution in [3.8, 4) is 17.0 Å². The number of aromatic nitrogens is 2. The molecule has 0 bridgehead atoms. The van der Waals surface area contributed by atoms with Crippen molar-refractivity contribution in [1.82, 2.24) is 9.97 Å². The number of hydrogen-bond donors (Lipinski definition) is 1. The minimum absolute atomic E-state index is 0.219. The Labute approximate surface area is 118 Å². The smallest absolute Gasteiger partial charge is 0.128 e. The third-order valence-electron chi connectivity index (χ3n) is 2.95. The number of aromatic amines is 1. The van der Waals surface area contributed by atoms with E-state index in [9.17, 15) is 4.91 Å². The van der Waals surface area contributed by atoms with Crippen LogP contribution in [0.5, 0.6) is 5.75 Å². The lowest BCUT2D eigenvalue weighted by Gasteiger charge is -2.19. The minimum atomic E-state index is 0.219. The highest BCUT2D eigenvalue weighted by Gasteiger charge is 2.13. The molecule has 1 N–H and O–H groups in total. The normalized spacial score (nSPS) is 11.3. The van der Waals surface area contributed by atoms with Gasteiger partial charge in [0.05, 0.1) is 18.6 Å². The molecule has 2 rings (SSSR count). The molecule has 2 aromatic rings. The van der Waals surface area contributed by atoms with Crippen molar-refractivity contribution in [2.75, 3.05) is 6.61 Å². The maximum atomic E-state index is 10.7. The Kier molecular flexibility index (Phi) is 4.17. The molecule has 1 aromatic heterocycles. The maximum absolute atomic E-state index is 10.7. The first-order valence-corrected chi connectivity index (χ1v) is 6.59. The molecule has 20 heavy (non-hydrogen) atoms. The van der Waals surface area contributed by atoms with Gasteiger partial charge in [0, 0.05) is 11.8 Å². The van der Waals surface area contributed by atoms with Gasteiger partial charge in [-0.3, -0.25) is 0 Å². The standard InChI is InChI=1S/C15H19N3O2/c1-15(2,3)6-7-20-14-5-4-11(18-19)8-12(14)13-9-16-10-17-13/h4-5,8-10H,6-7H2,1-3H3,(H,16,17). The van der Waals surface area contributed by atoms with Gasteiger partial charge in [-0.15, -0.1) is 4.91 Å². The van der Waals surface area contributed by atoms with Crippen LogP contribution in [-0.2, 0) is 0 Å². The fourth-order valence-electron chi connectivity index (χ4n) is 1.78. The molecule has 0 unspecified atom stereocenters. The maximum Gasteiger partial charge on any atom is 0.128 e. The van der Waals surface area contributed by atoms with E-state index in [0.717, 1.165) is 17.7 Å². The molecule has 0 aliphatic carbocycles. The molecule has 5 heteroatoms. The Morgan fingerprint density at radius 3 is 2.75 bits per heavy atom. The minimum Gasteiger partial charge on any atom is -0.493 e. The van der Waals surface area contributed by atoms with E-state index in [1.54, 1.807) is 30.7 Å². The average molecular weight is 273 g/mol. The van der Waals surface area contributed by atoms with Crippen LogP contribution in [0.15, 0.2) is 35.9 Å². The van der Waals surface area contributed by atoms with E-state index in [1.165, 1.54) is 0 Å². The van der Waals surface area contributed by atoms with Crippen molar-refractivity contribution in [3.05, 3.63) is 35.6 Å². The summed E-state index contributed by atoms with van der Waals surface area (Å²) < 4.78 is 5.84. The lowest BCUT2D eigenvalue weighted by Crippen LogP contribution is -2.11. The van der Waals surface area contributed by atoms with Gasteiger partial charge in [0.15, 0.2) is 0 Å². The van der Waals surface area contributed by atoms with E-state index in [2.05, 4.69) is 35.9 Å². The van der Waals surface area contributed by atoms with Gasteiger partial charge in [-0.2, -0.15) is 0 Å². The number of nitroso groups, excluding NO2 is 1. The van der Waals surface area contributed by atoms with Crippen molar-refractivity contribution >= 4 is 5.69 Å². The number of benzene rings is 1. The van der Waals surface area contributed by atoms with Gasteiger partial charge >= 0.3 is 0 Å². The molecule has 1 heterocycles. The zero-order valence-electron chi connectivity index (χ0n) is 12.0. The molecule has 0 saturated carbocycles. The third-order valence-corrected chi connectivity index (χ3v) is 2.95. The second-order valence-corrected chi connectivity index (χ2v) is 5.89. The molecule has 0 aliphatic heterocycles. The van der Waals surface area contributed by atoms with Crippen LogP contribution in [0.25, 0.3) is 11.3 Å².